The Kier molecular flexibility index (Phi) is 5.02. The summed E-state index contributed by atoms with van der Waals surface area (Å²) in [4.78, 5) is 32.5. The number of aryl methyl sites for hydroxylation is 1. The number of aromatic amines is 1. The number of methoxy groups -OCH3 is 1. The minimum absolute atomic E-state index is 0.0357. The fraction of sp³-hybridized carbons (Fsp3) is 0.545. The molecule has 1 amide bonds. The average molecular weight is 383 g/mol. The van der Waals surface area contributed by atoms with Crippen LogP contribution in [-0.2, 0) is 4.74 Å². The third-order valence-corrected chi connectivity index (χ3v) is 6.57. The number of H-pyrrole nitrogens is 1. The van der Waals surface area contributed by atoms with E-state index < -0.39 is 0 Å². The van der Waals surface area contributed by atoms with Crippen LogP contribution in [0.15, 0.2) is 29.1 Å². The molecular weight excluding hydrogens is 354 g/mol. The largest absolute Gasteiger partial charge is 0.380 e. The molecule has 1 N–H and O–H groups in total. The van der Waals surface area contributed by atoms with E-state index in [0.717, 1.165) is 36.9 Å². The zero-order valence-electron chi connectivity index (χ0n) is 17.1. The van der Waals surface area contributed by atoms with Gasteiger partial charge >= 0.3 is 0 Å². The molecule has 0 radical (unpaired) electrons. The summed E-state index contributed by atoms with van der Waals surface area (Å²) in [6.45, 7) is 3.49. The first-order chi connectivity index (χ1) is 13.4. The number of benzene rings is 1. The predicted molar refractivity (Wildman–Crippen MR) is 110 cm³/mol. The molecule has 1 aliphatic heterocycles. The van der Waals surface area contributed by atoms with Crippen LogP contribution in [0, 0.1) is 18.8 Å². The van der Waals surface area contributed by atoms with Crippen molar-refractivity contribution in [3.63, 3.8) is 0 Å². The number of ether oxygens (including phenoxy) is 1. The number of carbonyl (C=O) groups is 1. The standard InChI is InChI=1S/C22H29N3O3/c1-13-5-6-18-16(7-13)17(10-21(26)23-18)22(27)25-11-14-8-19(24(2)3)20(28-4)9-15(14)12-25/h5-7,10,14-15,19-20H,8-9,11-12H2,1-4H3,(H,23,26)/t14-,15+,19-,20-/m1/s1. The predicted octanol–water partition coefficient (Wildman–Crippen LogP) is 2.26. The molecule has 6 nitrogen and oxygen atoms in total. The Morgan fingerprint density at radius 2 is 1.89 bits per heavy atom. The highest BCUT2D eigenvalue weighted by Crippen LogP contribution is 2.39. The van der Waals surface area contributed by atoms with Crippen molar-refractivity contribution < 1.29 is 9.53 Å². The van der Waals surface area contributed by atoms with Crippen molar-refractivity contribution in [2.75, 3.05) is 34.3 Å². The van der Waals surface area contributed by atoms with Gasteiger partial charge in [0.1, 0.15) is 0 Å². The number of hydrogen-bond acceptors (Lipinski definition) is 4. The first kappa shape index (κ1) is 19.2. The number of aromatic nitrogens is 1. The van der Waals surface area contributed by atoms with E-state index in [-0.39, 0.29) is 17.6 Å². The first-order valence-corrected chi connectivity index (χ1v) is 9.99. The lowest BCUT2D eigenvalue weighted by Gasteiger charge is -2.40. The highest BCUT2D eigenvalue weighted by Gasteiger charge is 2.44. The fourth-order valence-corrected chi connectivity index (χ4v) is 5.07. The lowest BCUT2D eigenvalue weighted by molar-refractivity contribution is -0.0209. The molecular formula is C22H29N3O3. The molecule has 0 spiro atoms. The molecule has 1 saturated carbocycles. The lowest BCUT2D eigenvalue weighted by Crippen LogP contribution is -2.47. The molecule has 2 aromatic rings. The summed E-state index contributed by atoms with van der Waals surface area (Å²) >= 11 is 0. The second kappa shape index (κ2) is 7.33. The number of fused-ring (bicyclic) bond motifs is 2. The highest BCUT2D eigenvalue weighted by atomic mass is 16.5. The molecule has 1 aromatic carbocycles. The Morgan fingerprint density at radius 1 is 1.18 bits per heavy atom. The van der Waals surface area contributed by atoms with E-state index in [1.807, 2.05) is 30.0 Å². The minimum atomic E-state index is -0.233. The summed E-state index contributed by atoms with van der Waals surface area (Å²) in [6, 6.07) is 7.63. The molecule has 2 heterocycles. The van der Waals surface area contributed by atoms with E-state index in [1.165, 1.54) is 6.07 Å². The van der Waals surface area contributed by atoms with Gasteiger partial charge in [-0.1, -0.05) is 11.6 Å². The molecule has 6 heteroatoms. The molecule has 150 valence electrons. The topological polar surface area (TPSA) is 65.6 Å². The van der Waals surface area contributed by atoms with Crippen molar-refractivity contribution in [3.8, 4) is 0 Å². The van der Waals surface area contributed by atoms with E-state index in [4.69, 9.17) is 4.74 Å². The summed E-state index contributed by atoms with van der Waals surface area (Å²) < 4.78 is 5.75. The molecule has 1 aliphatic carbocycles. The molecule has 4 atom stereocenters. The number of likely N-dealkylation sites (N-methyl/N-ethyl adjacent to an activating group) is 1. The van der Waals surface area contributed by atoms with Gasteiger partial charge < -0.3 is 19.5 Å². The number of amides is 1. The summed E-state index contributed by atoms with van der Waals surface area (Å²) in [6.07, 6.45) is 2.22. The van der Waals surface area contributed by atoms with E-state index in [0.29, 0.717) is 29.0 Å². The Morgan fingerprint density at radius 3 is 2.57 bits per heavy atom. The molecule has 2 aliphatic rings. The Labute approximate surface area is 165 Å². The van der Waals surface area contributed by atoms with Crippen molar-refractivity contribution in [1.82, 2.24) is 14.8 Å². The van der Waals surface area contributed by atoms with Crippen LogP contribution in [0.5, 0.6) is 0 Å². The number of nitrogens with one attached hydrogen (secondary N) is 1. The Bertz CT molecular complexity index is 952. The van der Waals surface area contributed by atoms with Gasteiger partial charge in [0.2, 0.25) is 5.56 Å². The highest BCUT2D eigenvalue weighted by molar-refractivity contribution is 6.06. The number of pyridine rings is 1. The third kappa shape index (κ3) is 3.35. The fourth-order valence-electron chi connectivity index (χ4n) is 5.07. The molecule has 4 rings (SSSR count). The van der Waals surface area contributed by atoms with Gasteiger partial charge in [0.15, 0.2) is 0 Å². The zero-order valence-corrected chi connectivity index (χ0v) is 17.1. The quantitative estimate of drug-likeness (QED) is 0.883. The number of carbonyl (C=O) groups excluding carboxylic acids is 1. The maximum Gasteiger partial charge on any atom is 0.254 e. The maximum atomic E-state index is 13.4. The van der Waals surface area contributed by atoms with E-state index >= 15 is 0 Å². The number of rotatable bonds is 3. The molecule has 0 bridgehead atoms. The Hall–Kier alpha value is -2.18. The molecule has 2 fully saturated rings. The van der Waals surface area contributed by atoms with Crippen LogP contribution in [0.2, 0.25) is 0 Å². The van der Waals surface area contributed by atoms with Crippen LogP contribution in [-0.4, -0.2) is 67.1 Å². The third-order valence-electron chi connectivity index (χ3n) is 6.57. The van der Waals surface area contributed by atoms with Gasteiger partial charge in [-0.2, -0.15) is 0 Å². The SMILES string of the molecule is CO[C@@H]1C[C@H]2CN(C(=O)c3cc(=O)[nH]c4ccc(C)cc34)C[C@H]2C[C@H]1N(C)C. The summed E-state index contributed by atoms with van der Waals surface area (Å²) in [5.41, 5.74) is 2.06. The van der Waals surface area contributed by atoms with Crippen molar-refractivity contribution in [2.24, 2.45) is 11.8 Å². The summed E-state index contributed by atoms with van der Waals surface area (Å²) in [7, 11) is 5.98. The second-order valence-corrected chi connectivity index (χ2v) is 8.60. The smallest absolute Gasteiger partial charge is 0.254 e. The molecule has 1 aromatic heterocycles. The van der Waals surface area contributed by atoms with E-state index in [1.54, 1.807) is 7.11 Å². The van der Waals surface area contributed by atoms with Crippen LogP contribution in [0.4, 0.5) is 0 Å². The van der Waals surface area contributed by atoms with Crippen LogP contribution in [0.1, 0.15) is 28.8 Å². The van der Waals surface area contributed by atoms with Crippen molar-refractivity contribution in [1.29, 1.82) is 0 Å². The van der Waals surface area contributed by atoms with Crippen LogP contribution < -0.4 is 5.56 Å². The maximum absolute atomic E-state index is 13.4. The molecule has 0 unspecified atom stereocenters. The Balaban J connectivity index is 1.62. The van der Waals surface area contributed by atoms with Crippen molar-refractivity contribution >= 4 is 16.8 Å². The van der Waals surface area contributed by atoms with Gasteiger partial charge in [-0.25, -0.2) is 0 Å². The number of likely N-dealkylation sites (tertiary alicyclic amines) is 1. The van der Waals surface area contributed by atoms with Crippen LogP contribution in [0.3, 0.4) is 0 Å². The van der Waals surface area contributed by atoms with Gasteiger partial charge in [-0.3, -0.25) is 9.59 Å². The van der Waals surface area contributed by atoms with Crippen LogP contribution >= 0.6 is 0 Å². The lowest BCUT2D eigenvalue weighted by atomic mass is 9.77. The van der Waals surface area contributed by atoms with Crippen molar-refractivity contribution in [3.05, 3.63) is 45.7 Å². The van der Waals surface area contributed by atoms with Gasteiger partial charge in [0, 0.05) is 43.2 Å². The van der Waals surface area contributed by atoms with Gasteiger partial charge in [-0.15, -0.1) is 0 Å². The minimum Gasteiger partial charge on any atom is -0.380 e. The summed E-state index contributed by atoms with van der Waals surface area (Å²) in [5.74, 6) is 0.907. The van der Waals surface area contributed by atoms with Crippen molar-refractivity contribution in [2.45, 2.75) is 31.9 Å². The normalized spacial score (nSPS) is 27.4. The summed E-state index contributed by atoms with van der Waals surface area (Å²) in [5, 5.41) is 0.820. The second-order valence-electron chi connectivity index (χ2n) is 8.60. The van der Waals surface area contributed by atoms with Gasteiger partial charge in [0.25, 0.3) is 5.91 Å². The van der Waals surface area contributed by atoms with Crippen LogP contribution in [0.25, 0.3) is 10.9 Å². The zero-order chi connectivity index (χ0) is 20.0. The monoisotopic (exact) mass is 383 g/mol. The van der Waals surface area contributed by atoms with E-state index in [2.05, 4.69) is 24.0 Å². The molecule has 1 saturated heterocycles. The van der Waals surface area contributed by atoms with Gasteiger partial charge in [0.05, 0.1) is 11.7 Å². The first-order valence-electron chi connectivity index (χ1n) is 9.99. The average Bonchev–Trinajstić information content (AvgIpc) is 3.09. The molecule has 28 heavy (non-hydrogen) atoms. The van der Waals surface area contributed by atoms with Gasteiger partial charge in [-0.05, 0) is 57.8 Å². The number of nitrogens with zero attached hydrogens (tertiary/aromatic N) is 2. The number of hydrogen-bond donors (Lipinski definition) is 1. The van der Waals surface area contributed by atoms with E-state index in [9.17, 15) is 9.59 Å².